The first-order valence-corrected chi connectivity index (χ1v) is 9.53. The maximum absolute atomic E-state index is 12.1. The topological polar surface area (TPSA) is 80.4 Å². The standard InChI is InChI=1S/C21H21NO4S/c1-13(2)14-4-6-16(7-5-14)21(3,20(23)24)12-18-11-15-10-17(22(25)26)8-9-19(15)27-18/h4-11,13H,12H2,1-3H3,(H,23,24). The lowest BCUT2D eigenvalue weighted by molar-refractivity contribution is -0.384. The molecular formula is C21H21NO4S. The Labute approximate surface area is 161 Å². The van der Waals surface area contributed by atoms with E-state index < -0.39 is 16.3 Å². The minimum atomic E-state index is -1.07. The molecule has 3 aromatic rings. The van der Waals surface area contributed by atoms with Gasteiger partial charge in [0.25, 0.3) is 5.69 Å². The molecule has 1 aromatic heterocycles. The lowest BCUT2D eigenvalue weighted by atomic mass is 9.78. The molecule has 6 heteroatoms. The zero-order valence-corrected chi connectivity index (χ0v) is 16.2. The smallest absolute Gasteiger partial charge is 0.314 e. The van der Waals surface area contributed by atoms with Gasteiger partial charge in [-0.2, -0.15) is 0 Å². The molecule has 0 radical (unpaired) electrons. The fraction of sp³-hybridized carbons (Fsp3) is 0.286. The van der Waals surface area contributed by atoms with Crippen LogP contribution in [0.3, 0.4) is 0 Å². The van der Waals surface area contributed by atoms with E-state index in [-0.39, 0.29) is 5.69 Å². The zero-order chi connectivity index (χ0) is 19.8. The Hall–Kier alpha value is -2.73. The molecule has 3 rings (SSSR count). The summed E-state index contributed by atoms with van der Waals surface area (Å²) in [6.45, 7) is 5.93. The largest absolute Gasteiger partial charge is 0.481 e. The van der Waals surface area contributed by atoms with Crippen molar-refractivity contribution in [2.45, 2.75) is 38.5 Å². The minimum Gasteiger partial charge on any atom is -0.481 e. The van der Waals surface area contributed by atoms with Crippen LogP contribution in [0.1, 0.15) is 42.7 Å². The van der Waals surface area contributed by atoms with E-state index in [4.69, 9.17) is 0 Å². The van der Waals surface area contributed by atoms with Crippen molar-refractivity contribution in [2.75, 3.05) is 0 Å². The van der Waals surface area contributed by atoms with Crippen LogP contribution in [0, 0.1) is 10.1 Å². The van der Waals surface area contributed by atoms with Crippen molar-refractivity contribution in [2.24, 2.45) is 0 Å². The Balaban J connectivity index is 1.97. The van der Waals surface area contributed by atoms with E-state index in [0.29, 0.717) is 12.3 Å². The van der Waals surface area contributed by atoms with Gasteiger partial charge in [-0.25, -0.2) is 0 Å². The van der Waals surface area contributed by atoms with Gasteiger partial charge >= 0.3 is 5.97 Å². The van der Waals surface area contributed by atoms with Gasteiger partial charge in [0, 0.05) is 28.1 Å². The highest BCUT2D eigenvalue weighted by atomic mass is 32.1. The average Bonchev–Trinajstić information content (AvgIpc) is 3.02. The number of nitro benzene ring substituents is 1. The quantitative estimate of drug-likeness (QED) is 0.449. The van der Waals surface area contributed by atoms with Gasteiger partial charge in [-0.15, -0.1) is 11.3 Å². The summed E-state index contributed by atoms with van der Waals surface area (Å²) in [6, 6.07) is 14.3. The van der Waals surface area contributed by atoms with E-state index in [0.717, 1.165) is 20.5 Å². The van der Waals surface area contributed by atoms with Crippen LogP contribution >= 0.6 is 11.3 Å². The molecule has 2 aromatic carbocycles. The molecule has 27 heavy (non-hydrogen) atoms. The van der Waals surface area contributed by atoms with E-state index in [2.05, 4.69) is 13.8 Å². The SMILES string of the molecule is CC(C)c1ccc(C(C)(Cc2cc3cc([N+](=O)[O-])ccc3s2)C(=O)O)cc1. The number of hydrogen-bond donors (Lipinski definition) is 1. The van der Waals surface area contributed by atoms with Crippen LogP contribution in [0.4, 0.5) is 5.69 Å². The van der Waals surface area contributed by atoms with Gasteiger partial charge in [0.15, 0.2) is 0 Å². The van der Waals surface area contributed by atoms with Crippen LogP contribution in [0.2, 0.25) is 0 Å². The highest BCUT2D eigenvalue weighted by molar-refractivity contribution is 7.19. The number of hydrogen-bond acceptors (Lipinski definition) is 4. The average molecular weight is 383 g/mol. The van der Waals surface area contributed by atoms with Gasteiger partial charge in [0.2, 0.25) is 0 Å². The number of aliphatic carboxylic acids is 1. The van der Waals surface area contributed by atoms with E-state index >= 15 is 0 Å². The second-order valence-corrected chi connectivity index (χ2v) is 8.45. The maximum atomic E-state index is 12.1. The predicted octanol–water partition coefficient (Wildman–Crippen LogP) is 5.52. The van der Waals surface area contributed by atoms with E-state index in [1.165, 1.54) is 29.0 Å². The minimum absolute atomic E-state index is 0.0390. The first-order valence-electron chi connectivity index (χ1n) is 8.71. The fourth-order valence-electron chi connectivity index (χ4n) is 3.17. The maximum Gasteiger partial charge on any atom is 0.314 e. The molecule has 0 fully saturated rings. The Kier molecular flexibility index (Phi) is 5.02. The van der Waals surface area contributed by atoms with E-state index in [1.54, 1.807) is 13.0 Å². The van der Waals surface area contributed by atoms with Crippen molar-refractivity contribution in [3.8, 4) is 0 Å². The van der Waals surface area contributed by atoms with Crippen molar-refractivity contribution in [1.29, 1.82) is 0 Å². The third-order valence-electron chi connectivity index (χ3n) is 4.98. The molecule has 1 unspecified atom stereocenters. The summed E-state index contributed by atoms with van der Waals surface area (Å²) in [5.41, 5.74) is 0.892. The normalized spacial score (nSPS) is 13.6. The summed E-state index contributed by atoms with van der Waals surface area (Å²) >= 11 is 1.48. The number of carboxylic acid groups (broad SMARTS) is 1. The third kappa shape index (κ3) is 3.71. The van der Waals surface area contributed by atoms with E-state index in [9.17, 15) is 20.0 Å². The second kappa shape index (κ2) is 7.12. The van der Waals surface area contributed by atoms with Crippen molar-refractivity contribution in [3.63, 3.8) is 0 Å². The molecule has 0 aliphatic heterocycles. The molecule has 0 aliphatic carbocycles. The van der Waals surface area contributed by atoms with Crippen LogP contribution in [0.25, 0.3) is 10.1 Å². The zero-order valence-electron chi connectivity index (χ0n) is 15.4. The van der Waals surface area contributed by atoms with Crippen molar-refractivity contribution in [3.05, 3.63) is 74.6 Å². The Morgan fingerprint density at radius 1 is 1.19 bits per heavy atom. The molecule has 0 spiro atoms. The lowest BCUT2D eigenvalue weighted by Crippen LogP contribution is -2.34. The molecule has 140 valence electrons. The summed E-state index contributed by atoms with van der Waals surface area (Å²) in [5.74, 6) is -0.503. The van der Waals surface area contributed by atoms with Crippen LogP contribution < -0.4 is 0 Å². The van der Waals surface area contributed by atoms with Gasteiger partial charge in [-0.1, -0.05) is 38.1 Å². The van der Waals surface area contributed by atoms with Crippen molar-refractivity contribution >= 4 is 33.1 Å². The van der Waals surface area contributed by atoms with Crippen molar-refractivity contribution in [1.82, 2.24) is 0 Å². The molecule has 0 saturated carbocycles. The number of benzene rings is 2. The molecule has 1 N–H and O–H groups in total. The lowest BCUT2D eigenvalue weighted by Gasteiger charge is -2.25. The number of carbonyl (C=O) groups is 1. The first kappa shape index (κ1) is 19.0. The number of non-ortho nitro benzene ring substituents is 1. The Morgan fingerprint density at radius 3 is 2.41 bits per heavy atom. The fourth-order valence-corrected chi connectivity index (χ4v) is 4.37. The molecular weight excluding hydrogens is 362 g/mol. The molecule has 0 amide bonds. The molecule has 0 saturated heterocycles. The van der Waals surface area contributed by atoms with Gasteiger partial charge in [-0.3, -0.25) is 14.9 Å². The molecule has 0 aliphatic rings. The van der Waals surface area contributed by atoms with Crippen LogP contribution in [0.5, 0.6) is 0 Å². The number of fused-ring (bicyclic) bond motifs is 1. The van der Waals surface area contributed by atoms with Gasteiger partial charge in [0.05, 0.1) is 10.3 Å². The monoisotopic (exact) mass is 383 g/mol. The van der Waals surface area contributed by atoms with E-state index in [1.807, 2.05) is 30.3 Å². The summed E-state index contributed by atoms with van der Waals surface area (Å²) in [7, 11) is 0. The van der Waals surface area contributed by atoms with Gasteiger partial charge in [-0.05, 0) is 41.5 Å². The van der Waals surface area contributed by atoms with Crippen LogP contribution in [-0.2, 0) is 16.6 Å². The van der Waals surface area contributed by atoms with Crippen LogP contribution in [-0.4, -0.2) is 16.0 Å². The van der Waals surface area contributed by atoms with Gasteiger partial charge < -0.3 is 5.11 Å². The highest BCUT2D eigenvalue weighted by Crippen LogP contribution is 2.35. The second-order valence-electron chi connectivity index (χ2n) is 7.28. The predicted molar refractivity (Wildman–Crippen MR) is 108 cm³/mol. The molecule has 1 atom stereocenters. The number of carboxylic acids is 1. The van der Waals surface area contributed by atoms with Crippen molar-refractivity contribution < 1.29 is 14.8 Å². The van der Waals surface area contributed by atoms with Crippen LogP contribution in [0.15, 0.2) is 48.5 Å². The Morgan fingerprint density at radius 2 is 1.85 bits per heavy atom. The number of nitro groups is 1. The summed E-state index contributed by atoms with van der Waals surface area (Å²) in [4.78, 5) is 23.5. The highest BCUT2D eigenvalue weighted by Gasteiger charge is 2.36. The summed E-state index contributed by atoms with van der Waals surface area (Å²) in [6.07, 6.45) is 0.330. The number of rotatable bonds is 6. The summed E-state index contributed by atoms with van der Waals surface area (Å²) in [5, 5.41) is 21.7. The molecule has 1 heterocycles. The number of thiophene rings is 1. The number of nitrogens with zero attached hydrogens (tertiary/aromatic N) is 1. The Bertz CT molecular complexity index is 1010. The molecule has 5 nitrogen and oxygen atoms in total. The van der Waals surface area contributed by atoms with Gasteiger partial charge in [0.1, 0.15) is 0 Å². The molecule has 0 bridgehead atoms. The third-order valence-corrected chi connectivity index (χ3v) is 6.09. The summed E-state index contributed by atoms with van der Waals surface area (Å²) < 4.78 is 0.915. The first-order chi connectivity index (χ1) is 12.7.